The summed E-state index contributed by atoms with van der Waals surface area (Å²) in [6, 6.07) is 12.5. The van der Waals surface area contributed by atoms with Gasteiger partial charge in [0.05, 0.1) is 10.6 Å². The third kappa shape index (κ3) is 7.15. The highest BCUT2D eigenvalue weighted by atomic mass is 32.2. The van der Waals surface area contributed by atoms with Gasteiger partial charge < -0.3 is 14.4 Å². The van der Waals surface area contributed by atoms with Crippen molar-refractivity contribution in [2.45, 2.75) is 77.9 Å². The average molecular weight is 517 g/mol. The first-order valence-electron chi connectivity index (χ1n) is 12.6. The number of benzene rings is 2. The Morgan fingerprint density at radius 1 is 1.08 bits per heavy atom. The van der Waals surface area contributed by atoms with E-state index in [1.165, 1.54) is 4.31 Å². The molecule has 3 rings (SSSR count). The third-order valence-corrected chi connectivity index (χ3v) is 7.72. The number of amides is 1. The molecular weight excluding hydrogens is 476 g/mol. The van der Waals surface area contributed by atoms with Crippen molar-refractivity contribution < 1.29 is 22.7 Å². The van der Waals surface area contributed by atoms with E-state index in [9.17, 15) is 13.2 Å². The summed E-state index contributed by atoms with van der Waals surface area (Å²) in [6.07, 6.45) is 0.884. The second-order valence-electron chi connectivity index (χ2n) is 11.0. The fraction of sp³-hybridized carbons (Fsp3) is 0.536. The number of carbonyl (C=O) groups excluding carboxylic acids is 1. The molecule has 198 valence electrons. The maximum absolute atomic E-state index is 13.8. The van der Waals surface area contributed by atoms with Crippen molar-refractivity contribution in [1.29, 1.82) is 0 Å². The summed E-state index contributed by atoms with van der Waals surface area (Å²) in [7, 11) is -3.80. The van der Waals surface area contributed by atoms with Crippen molar-refractivity contribution in [3.05, 3.63) is 53.6 Å². The highest BCUT2D eigenvalue weighted by Crippen LogP contribution is 2.30. The summed E-state index contributed by atoms with van der Waals surface area (Å²) in [5.74, 6) is 0.659. The van der Waals surface area contributed by atoms with Gasteiger partial charge in [-0.3, -0.25) is 4.31 Å². The summed E-state index contributed by atoms with van der Waals surface area (Å²) in [5.41, 5.74) is 2.17. The molecule has 1 amide bonds. The zero-order valence-electron chi connectivity index (χ0n) is 22.6. The van der Waals surface area contributed by atoms with Crippen molar-refractivity contribution in [3.8, 4) is 5.75 Å². The van der Waals surface area contributed by atoms with Gasteiger partial charge in [-0.05, 0) is 64.3 Å². The SMILES string of the molecule is Cc1ccc(N(CC(C)C)S(=O)(=O)c2cccc(OC3CCN(C(=O)OC(C)(C)C)CC3)c2)c(C)c1. The number of likely N-dealkylation sites (tertiary alicyclic amines) is 1. The monoisotopic (exact) mass is 516 g/mol. The number of piperidine rings is 1. The van der Waals surface area contributed by atoms with Crippen LogP contribution in [0.15, 0.2) is 47.4 Å². The van der Waals surface area contributed by atoms with Crippen molar-refractivity contribution >= 4 is 21.8 Å². The molecule has 0 spiro atoms. The van der Waals surface area contributed by atoms with Gasteiger partial charge in [0.1, 0.15) is 17.5 Å². The molecule has 0 bridgehead atoms. The fourth-order valence-corrected chi connectivity index (χ4v) is 5.98. The molecule has 1 heterocycles. The number of rotatable bonds is 7. The minimum atomic E-state index is -3.80. The second kappa shape index (κ2) is 11.1. The molecular formula is C28H40N2O5S. The van der Waals surface area contributed by atoms with Crippen LogP contribution in [0.5, 0.6) is 5.75 Å². The zero-order chi connectivity index (χ0) is 26.7. The molecule has 0 atom stereocenters. The van der Waals surface area contributed by atoms with Gasteiger partial charge in [0.25, 0.3) is 10.0 Å². The fourth-order valence-electron chi connectivity index (χ4n) is 4.25. The lowest BCUT2D eigenvalue weighted by atomic mass is 10.1. The van der Waals surface area contributed by atoms with Crippen LogP contribution in [0.4, 0.5) is 10.5 Å². The summed E-state index contributed by atoms with van der Waals surface area (Å²) in [4.78, 5) is 14.2. The average Bonchev–Trinajstić information content (AvgIpc) is 2.77. The zero-order valence-corrected chi connectivity index (χ0v) is 23.4. The minimum Gasteiger partial charge on any atom is -0.490 e. The molecule has 7 nitrogen and oxygen atoms in total. The van der Waals surface area contributed by atoms with Crippen LogP contribution >= 0.6 is 0 Å². The molecule has 0 unspecified atom stereocenters. The molecule has 0 saturated carbocycles. The Morgan fingerprint density at radius 3 is 2.33 bits per heavy atom. The van der Waals surface area contributed by atoms with Gasteiger partial charge in [-0.1, -0.05) is 37.6 Å². The number of anilines is 1. The van der Waals surface area contributed by atoms with Crippen LogP contribution in [0, 0.1) is 19.8 Å². The van der Waals surface area contributed by atoms with Crippen LogP contribution in [-0.2, 0) is 14.8 Å². The van der Waals surface area contributed by atoms with Gasteiger partial charge in [-0.25, -0.2) is 13.2 Å². The summed E-state index contributed by atoms with van der Waals surface area (Å²) in [6.45, 7) is 15.0. The molecule has 1 saturated heterocycles. The van der Waals surface area contributed by atoms with E-state index in [1.54, 1.807) is 29.2 Å². The topological polar surface area (TPSA) is 76.2 Å². The Labute approximate surface area is 216 Å². The van der Waals surface area contributed by atoms with Gasteiger partial charge in [0.2, 0.25) is 0 Å². The van der Waals surface area contributed by atoms with E-state index < -0.39 is 15.6 Å². The highest BCUT2D eigenvalue weighted by molar-refractivity contribution is 7.92. The molecule has 1 aliphatic rings. The molecule has 0 N–H and O–H groups in total. The van der Waals surface area contributed by atoms with E-state index in [4.69, 9.17) is 9.47 Å². The van der Waals surface area contributed by atoms with Crippen molar-refractivity contribution in [1.82, 2.24) is 4.90 Å². The standard InChI is InChI=1S/C28H40N2O5S/c1-20(2)19-30(26-12-11-21(3)17-22(26)4)36(32,33)25-10-8-9-24(18-25)34-23-13-15-29(16-14-23)27(31)35-28(5,6)7/h8-12,17-18,20,23H,13-16,19H2,1-7H3. The molecule has 36 heavy (non-hydrogen) atoms. The van der Waals surface area contributed by atoms with Crippen molar-refractivity contribution in [2.24, 2.45) is 5.92 Å². The van der Waals surface area contributed by atoms with Crippen LogP contribution in [-0.4, -0.2) is 50.8 Å². The normalized spacial score (nSPS) is 15.2. The van der Waals surface area contributed by atoms with Crippen LogP contribution in [0.2, 0.25) is 0 Å². The van der Waals surface area contributed by atoms with Crippen LogP contribution in [0.25, 0.3) is 0 Å². The number of carbonyl (C=O) groups is 1. The lowest BCUT2D eigenvalue weighted by molar-refractivity contribution is 0.0126. The maximum atomic E-state index is 13.8. The number of hydrogen-bond donors (Lipinski definition) is 0. The number of nitrogens with zero attached hydrogens (tertiary/aromatic N) is 2. The number of ether oxygens (including phenoxy) is 2. The molecule has 1 fully saturated rings. The Kier molecular flexibility index (Phi) is 8.59. The van der Waals surface area contributed by atoms with Crippen LogP contribution < -0.4 is 9.04 Å². The molecule has 2 aromatic rings. The number of hydrogen-bond acceptors (Lipinski definition) is 5. The molecule has 0 radical (unpaired) electrons. The van der Waals surface area contributed by atoms with Crippen molar-refractivity contribution in [2.75, 3.05) is 23.9 Å². The number of sulfonamides is 1. The first kappa shape index (κ1) is 27.8. The lowest BCUT2D eigenvalue weighted by Gasteiger charge is -2.33. The molecule has 8 heteroatoms. The third-order valence-electron chi connectivity index (χ3n) is 5.94. The van der Waals surface area contributed by atoms with Crippen molar-refractivity contribution in [3.63, 3.8) is 0 Å². The van der Waals surface area contributed by atoms with Crippen LogP contribution in [0.1, 0.15) is 58.6 Å². The number of aryl methyl sites for hydroxylation is 2. The summed E-state index contributed by atoms with van der Waals surface area (Å²) >= 11 is 0. The van der Waals surface area contributed by atoms with E-state index in [2.05, 4.69) is 0 Å². The predicted molar refractivity (Wildman–Crippen MR) is 143 cm³/mol. The predicted octanol–water partition coefficient (Wildman–Crippen LogP) is 5.93. The van der Waals surface area contributed by atoms with Gasteiger partial charge >= 0.3 is 6.09 Å². The van der Waals surface area contributed by atoms with Gasteiger partial charge in [0, 0.05) is 38.5 Å². The lowest BCUT2D eigenvalue weighted by Crippen LogP contribution is -2.44. The van der Waals surface area contributed by atoms with E-state index >= 15 is 0 Å². The van der Waals surface area contributed by atoms with E-state index in [0.29, 0.717) is 43.9 Å². The van der Waals surface area contributed by atoms with E-state index in [-0.39, 0.29) is 23.0 Å². The summed E-state index contributed by atoms with van der Waals surface area (Å²) < 4.78 is 40.7. The van der Waals surface area contributed by atoms with E-state index in [1.807, 2.05) is 66.7 Å². The first-order valence-corrected chi connectivity index (χ1v) is 14.0. The van der Waals surface area contributed by atoms with Gasteiger partial charge in [-0.2, -0.15) is 0 Å². The Hall–Kier alpha value is -2.74. The Bertz CT molecular complexity index is 1160. The second-order valence-corrected chi connectivity index (χ2v) is 12.8. The van der Waals surface area contributed by atoms with Gasteiger partial charge in [-0.15, -0.1) is 0 Å². The van der Waals surface area contributed by atoms with E-state index in [0.717, 1.165) is 11.1 Å². The molecule has 0 aliphatic carbocycles. The van der Waals surface area contributed by atoms with Crippen LogP contribution in [0.3, 0.4) is 0 Å². The quantitative estimate of drug-likeness (QED) is 0.456. The molecule has 1 aliphatic heterocycles. The smallest absolute Gasteiger partial charge is 0.410 e. The molecule has 0 aromatic heterocycles. The summed E-state index contributed by atoms with van der Waals surface area (Å²) in [5, 5.41) is 0. The Balaban J connectivity index is 1.75. The first-order chi connectivity index (χ1) is 16.8. The minimum absolute atomic E-state index is 0.104. The highest BCUT2D eigenvalue weighted by Gasteiger charge is 2.29. The largest absolute Gasteiger partial charge is 0.490 e. The Morgan fingerprint density at radius 2 is 1.75 bits per heavy atom. The molecule has 2 aromatic carbocycles. The van der Waals surface area contributed by atoms with Gasteiger partial charge in [0.15, 0.2) is 0 Å². The maximum Gasteiger partial charge on any atom is 0.410 e.